The smallest absolute Gasteiger partial charge is 0.399 e. The molecular weight excluding hydrogens is 179 g/mol. The summed E-state index contributed by atoms with van der Waals surface area (Å²) < 4.78 is 36.7. The number of hydrogen-bond donors (Lipinski definition) is 1. The molecule has 1 aliphatic rings. The maximum absolute atomic E-state index is 12.2. The van der Waals surface area contributed by atoms with Gasteiger partial charge in [-0.3, -0.25) is 0 Å². The Morgan fingerprint density at radius 1 is 1.23 bits per heavy atom. The van der Waals surface area contributed by atoms with E-state index in [9.17, 15) is 13.2 Å². The molecule has 0 bridgehead atoms. The molecule has 0 heterocycles. The lowest BCUT2D eigenvalue weighted by Crippen LogP contribution is -2.12. The first kappa shape index (κ1) is 9.89. The molecule has 0 aliphatic heterocycles. The first-order valence-corrected chi connectivity index (χ1v) is 3.90. The van der Waals surface area contributed by atoms with E-state index in [1.54, 1.807) is 12.2 Å². The molecule has 0 radical (unpaired) electrons. The topological polar surface area (TPSA) is 26.0 Å². The Balaban J connectivity index is 2.88. The third-order valence-corrected chi connectivity index (χ3v) is 1.73. The van der Waals surface area contributed by atoms with E-state index in [0.717, 1.165) is 6.08 Å². The monoisotopic (exact) mass is 189 g/mol. The van der Waals surface area contributed by atoms with Crippen molar-refractivity contribution < 1.29 is 13.2 Å². The highest BCUT2D eigenvalue weighted by Gasteiger charge is 2.32. The standard InChI is InChI=1S/C9H10F3N/c10-9(11,12)7-3-1-2-4-8(13)6-5-7/h2,4-6H,1,3,13H2/b4-2?,7-5+,8-6?. The van der Waals surface area contributed by atoms with Gasteiger partial charge in [0.2, 0.25) is 0 Å². The summed E-state index contributed by atoms with van der Waals surface area (Å²) in [5.41, 5.74) is 5.19. The molecule has 0 aromatic heterocycles. The summed E-state index contributed by atoms with van der Waals surface area (Å²) in [7, 11) is 0. The molecule has 0 fully saturated rings. The van der Waals surface area contributed by atoms with Gasteiger partial charge in [-0.05, 0) is 25.0 Å². The Bertz CT molecular complexity index is 271. The van der Waals surface area contributed by atoms with Crippen LogP contribution >= 0.6 is 0 Å². The van der Waals surface area contributed by atoms with Gasteiger partial charge in [-0.15, -0.1) is 0 Å². The minimum absolute atomic E-state index is 0.0176. The number of halogens is 3. The Labute approximate surface area is 74.4 Å². The van der Waals surface area contributed by atoms with E-state index in [4.69, 9.17) is 5.73 Å². The van der Waals surface area contributed by atoms with E-state index in [1.165, 1.54) is 6.08 Å². The molecule has 72 valence electrons. The summed E-state index contributed by atoms with van der Waals surface area (Å²) >= 11 is 0. The highest BCUT2D eigenvalue weighted by atomic mass is 19.4. The molecule has 0 atom stereocenters. The maximum atomic E-state index is 12.2. The SMILES string of the molecule is NC1=C/C=C(/C(F)(F)F)CCC=C1. The van der Waals surface area contributed by atoms with Crippen molar-refractivity contribution in [3.8, 4) is 0 Å². The van der Waals surface area contributed by atoms with Crippen molar-refractivity contribution in [3.05, 3.63) is 35.6 Å². The first-order chi connectivity index (χ1) is 6.00. The third kappa shape index (κ3) is 2.97. The summed E-state index contributed by atoms with van der Waals surface area (Å²) in [6.45, 7) is 0. The zero-order valence-electron chi connectivity index (χ0n) is 6.93. The Kier molecular flexibility index (Phi) is 2.80. The minimum atomic E-state index is -4.23. The van der Waals surface area contributed by atoms with Crippen molar-refractivity contribution in [2.75, 3.05) is 0 Å². The van der Waals surface area contributed by atoms with Crippen LogP contribution in [-0.4, -0.2) is 6.18 Å². The van der Waals surface area contributed by atoms with Crippen LogP contribution in [0.1, 0.15) is 12.8 Å². The normalized spacial score (nSPS) is 22.7. The predicted octanol–water partition coefficient (Wildman–Crippen LogP) is 2.67. The van der Waals surface area contributed by atoms with Crippen molar-refractivity contribution in [2.24, 2.45) is 5.73 Å². The van der Waals surface area contributed by atoms with Crippen molar-refractivity contribution in [2.45, 2.75) is 19.0 Å². The number of nitrogens with two attached hydrogens (primary N) is 1. The Morgan fingerprint density at radius 3 is 2.54 bits per heavy atom. The second-order valence-electron chi connectivity index (χ2n) is 2.80. The summed E-state index contributed by atoms with van der Waals surface area (Å²) in [6, 6.07) is 0. The predicted molar refractivity (Wildman–Crippen MR) is 44.8 cm³/mol. The van der Waals surface area contributed by atoms with E-state index in [0.29, 0.717) is 12.1 Å². The van der Waals surface area contributed by atoms with E-state index >= 15 is 0 Å². The van der Waals surface area contributed by atoms with Gasteiger partial charge in [-0.1, -0.05) is 12.2 Å². The molecule has 0 aromatic rings. The fourth-order valence-corrected chi connectivity index (χ4v) is 1.03. The average molecular weight is 189 g/mol. The number of alkyl halides is 3. The van der Waals surface area contributed by atoms with Gasteiger partial charge in [0, 0.05) is 11.3 Å². The van der Waals surface area contributed by atoms with Gasteiger partial charge in [0.25, 0.3) is 0 Å². The lowest BCUT2D eigenvalue weighted by atomic mass is 10.1. The second-order valence-corrected chi connectivity index (χ2v) is 2.80. The van der Waals surface area contributed by atoms with E-state index in [2.05, 4.69) is 0 Å². The molecule has 0 unspecified atom stereocenters. The molecule has 1 rings (SSSR count). The fraction of sp³-hybridized carbons (Fsp3) is 0.333. The molecule has 4 heteroatoms. The van der Waals surface area contributed by atoms with E-state index in [-0.39, 0.29) is 6.42 Å². The van der Waals surface area contributed by atoms with Crippen LogP contribution in [0, 0.1) is 0 Å². The van der Waals surface area contributed by atoms with Gasteiger partial charge in [-0.25, -0.2) is 0 Å². The summed E-state index contributed by atoms with van der Waals surface area (Å²) in [4.78, 5) is 0. The van der Waals surface area contributed by atoms with Gasteiger partial charge in [0.15, 0.2) is 0 Å². The van der Waals surface area contributed by atoms with Gasteiger partial charge >= 0.3 is 6.18 Å². The molecular formula is C9H10F3N. The quantitative estimate of drug-likeness (QED) is 0.622. The van der Waals surface area contributed by atoms with Gasteiger partial charge in [-0.2, -0.15) is 13.2 Å². The van der Waals surface area contributed by atoms with Crippen LogP contribution in [0.25, 0.3) is 0 Å². The molecule has 0 saturated carbocycles. The lowest BCUT2D eigenvalue weighted by Gasteiger charge is -2.10. The van der Waals surface area contributed by atoms with Crippen LogP contribution in [0.15, 0.2) is 35.6 Å². The van der Waals surface area contributed by atoms with Crippen LogP contribution in [0.2, 0.25) is 0 Å². The fourth-order valence-electron chi connectivity index (χ4n) is 1.03. The van der Waals surface area contributed by atoms with Gasteiger partial charge in [0.05, 0.1) is 0 Å². The molecule has 2 N–H and O–H groups in total. The van der Waals surface area contributed by atoms with Crippen LogP contribution in [0.4, 0.5) is 13.2 Å². The summed E-state index contributed by atoms with van der Waals surface area (Å²) in [5.74, 6) is 0. The Morgan fingerprint density at radius 2 is 1.92 bits per heavy atom. The molecule has 0 aromatic carbocycles. The summed E-state index contributed by atoms with van der Waals surface area (Å²) in [5, 5.41) is 0. The molecule has 13 heavy (non-hydrogen) atoms. The molecule has 0 spiro atoms. The zero-order chi connectivity index (χ0) is 9.90. The van der Waals surface area contributed by atoms with Crippen LogP contribution in [-0.2, 0) is 0 Å². The van der Waals surface area contributed by atoms with Crippen LogP contribution in [0.3, 0.4) is 0 Å². The van der Waals surface area contributed by atoms with Crippen molar-refractivity contribution in [1.82, 2.24) is 0 Å². The van der Waals surface area contributed by atoms with Crippen molar-refractivity contribution in [1.29, 1.82) is 0 Å². The average Bonchev–Trinajstić information content (AvgIpc) is 1.94. The lowest BCUT2D eigenvalue weighted by molar-refractivity contribution is -0.0938. The Hall–Kier alpha value is -1.19. The largest absolute Gasteiger partial charge is 0.412 e. The van der Waals surface area contributed by atoms with Crippen LogP contribution < -0.4 is 5.73 Å². The maximum Gasteiger partial charge on any atom is 0.412 e. The van der Waals surface area contributed by atoms with E-state index < -0.39 is 11.7 Å². The number of allylic oxidation sites excluding steroid dienone is 5. The molecule has 1 aliphatic carbocycles. The van der Waals surface area contributed by atoms with Gasteiger partial charge < -0.3 is 5.73 Å². The summed E-state index contributed by atoms with van der Waals surface area (Å²) in [6.07, 6.45) is 1.73. The number of hydrogen-bond acceptors (Lipinski definition) is 1. The zero-order valence-corrected chi connectivity index (χ0v) is 6.93. The second kappa shape index (κ2) is 3.68. The number of rotatable bonds is 0. The van der Waals surface area contributed by atoms with Crippen molar-refractivity contribution in [3.63, 3.8) is 0 Å². The highest BCUT2D eigenvalue weighted by Crippen LogP contribution is 2.29. The van der Waals surface area contributed by atoms with Crippen molar-refractivity contribution >= 4 is 0 Å². The molecule has 1 nitrogen and oxygen atoms in total. The highest BCUT2D eigenvalue weighted by molar-refractivity contribution is 5.27. The van der Waals surface area contributed by atoms with E-state index in [1.807, 2.05) is 0 Å². The third-order valence-electron chi connectivity index (χ3n) is 1.73. The van der Waals surface area contributed by atoms with Crippen LogP contribution in [0.5, 0.6) is 0 Å². The molecule has 0 saturated heterocycles. The van der Waals surface area contributed by atoms with Gasteiger partial charge in [0.1, 0.15) is 0 Å². The minimum Gasteiger partial charge on any atom is -0.399 e. The first-order valence-electron chi connectivity index (χ1n) is 3.90. The molecule has 0 amide bonds.